The van der Waals surface area contributed by atoms with Crippen LogP contribution in [-0.2, 0) is 24.4 Å². The van der Waals surface area contributed by atoms with Gasteiger partial charge in [0.1, 0.15) is 11.8 Å². The second-order valence-electron chi connectivity index (χ2n) is 4.60. The topological polar surface area (TPSA) is 55.3 Å². The van der Waals surface area contributed by atoms with E-state index in [1.54, 1.807) is 0 Å². The second kappa shape index (κ2) is 5.87. The first kappa shape index (κ1) is 14.1. The van der Waals surface area contributed by atoms with Crippen molar-refractivity contribution in [1.29, 1.82) is 0 Å². The number of carbonyl (C=O) groups is 1. The van der Waals surface area contributed by atoms with Crippen LogP contribution in [0.2, 0.25) is 10.4 Å². The maximum Gasteiger partial charge on any atom is 0.410 e. The molecule has 1 amide bonds. The Morgan fingerprint density at radius 1 is 1.19 bits per heavy atom. The number of nitrogens with zero attached hydrogens (tertiary/aromatic N) is 3. The molecule has 1 aromatic carbocycles. The summed E-state index contributed by atoms with van der Waals surface area (Å²) >= 11 is 11.8. The van der Waals surface area contributed by atoms with Crippen LogP contribution in [0.15, 0.2) is 30.3 Å². The van der Waals surface area contributed by atoms with Gasteiger partial charge in [0.25, 0.3) is 0 Å². The van der Waals surface area contributed by atoms with E-state index in [0.29, 0.717) is 18.8 Å². The lowest BCUT2D eigenvalue weighted by atomic mass is 10.2. The van der Waals surface area contributed by atoms with Gasteiger partial charge in [-0.2, -0.15) is 0 Å². The zero-order valence-corrected chi connectivity index (χ0v) is 12.4. The molecule has 0 atom stereocenters. The van der Waals surface area contributed by atoms with Gasteiger partial charge in [-0.3, -0.25) is 4.90 Å². The third-order valence-corrected chi connectivity index (χ3v) is 3.65. The highest BCUT2D eigenvalue weighted by Gasteiger charge is 2.28. The molecule has 0 radical (unpaired) electrons. The maximum absolute atomic E-state index is 12.1. The normalized spacial score (nSPS) is 13.1. The molecule has 2 heterocycles. The molecular formula is C14H11Cl2N3O2. The predicted octanol–water partition coefficient (Wildman–Crippen LogP) is 3.44. The Bertz CT molecular complexity index is 679. The second-order valence-corrected chi connectivity index (χ2v) is 5.30. The molecule has 0 saturated heterocycles. The van der Waals surface area contributed by atoms with Crippen molar-refractivity contribution in [1.82, 2.24) is 14.9 Å². The Hall–Kier alpha value is -1.85. The Kier molecular flexibility index (Phi) is 3.94. The van der Waals surface area contributed by atoms with Gasteiger partial charge in [0.15, 0.2) is 0 Å². The summed E-state index contributed by atoms with van der Waals surface area (Å²) in [5.74, 6) is 0. The lowest BCUT2D eigenvalue weighted by molar-refractivity contribution is 0.0953. The van der Waals surface area contributed by atoms with Gasteiger partial charge in [0, 0.05) is 5.56 Å². The molecule has 1 aliphatic rings. The largest absolute Gasteiger partial charge is 0.445 e. The van der Waals surface area contributed by atoms with Crippen molar-refractivity contribution in [2.75, 3.05) is 0 Å². The molecule has 0 fully saturated rings. The minimum absolute atomic E-state index is 0.0817. The molecular weight excluding hydrogens is 313 g/mol. The minimum Gasteiger partial charge on any atom is -0.445 e. The van der Waals surface area contributed by atoms with E-state index in [1.165, 1.54) is 4.90 Å². The first-order valence-electron chi connectivity index (χ1n) is 6.30. The van der Waals surface area contributed by atoms with Crippen molar-refractivity contribution in [2.24, 2.45) is 0 Å². The van der Waals surface area contributed by atoms with E-state index < -0.39 is 6.09 Å². The number of aromatic nitrogens is 2. The highest BCUT2D eigenvalue weighted by molar-refractivity contribution is 6.32. The van der Waals surface area contributed by atoms with E-state index in [2.05, 4.69) is 9.97 Å². The Morgan fingerprint density at radius 3 is 2.71 bits per heavy atom. The van der Waals surface area contributed by atoms with E-state index in [9.17, 15) is 4.79 Å². The van der Waals surface area contributed by atoms with Crippen molar-refractivity contribution < 1.29 is 9.53 Å². The van der Waals surface area contributed by atoms with E-state index in [1.807, 2.05) is 30.3 Å². The molecule has 0 N–H and O–H groups in total. The Balaban J connectivity index is 1.64. The fourth-order valence-electron chi connectivity index (χ4n) is 2.13. The van der Waals surface area contributed by atoms with Gasteiger partial charge in [0.05, 0.1) is 18.8 Å². The molecule has 5 nitrogen and oxygen atoms in total. The maximum atomic E-state index is 12.1. The van der Waals surface area contributed by atoms with Gasteiger partial charge in [-0.25, -0.2) is 14.8 Å². The lowest BCUT2D eigenvalue weighted by Gasteiger charge is -2.15. The third-order valence-electron chi connectivity index (χ3n) is 3.17. The predicted molar refractivity (Wildman–Crippen MR) is 77.9 cm³/mol. The highest BCUT2D eigenvalue weighted by Crippen LogP contribution is 2.28. The van der Waals surface area contributed by atoms with Crippen LogP contribution >= 0.6 is 23.2 Å². The number of carbonyl (C=O) groups excluding carboxylic acids is 1. The molecule has 2 aromatic rings. The quantitative estimate of drug-likeness (QED) is 0.627. The van der Waals surface area contributed by atoms with Gasteiger partial charge < -0.3 is 4.74 Å². The molecule has 3 rings (SSSR count). The van der Waals surface area contributed by atoms with Crippen LogP contribution in [0.5, 0.6) is 0 Å². The molecule has 7 heteroatoms. The zero-order chi connectivity index (χ0) is 14.8. The van der Waals surface area contributed by atoms with E-state index in [0.717, 1.165) is 11.1 Å². The number of benzene rings is 1. The molecule has 0 unspecified atom stereocenters. The van der Waals surface area contributed by atoms with Crippen molar-refractivity contribution in [3.63, 3.8) is 0 Å². The van der Waals surface area contributed by atoms with Crippen LogP contribution in [0.25, 0.3) is 0 Å². The van der Waals surface area contributed by atoms with E-state index in [-0.39, 0.29) is 17.0 Å². The molecule has 0 aliphatic carbocycles. The van der Waals surface area contributed by atoms with Gasteiger partial charge in [0.2, 0.25) is 5.28 Å². The van der Waals surface area contributed by atoms with Crippen LogP contribution in [0.3, 0.4) is 0 Å². The molecule has 0 bridgehead atoms. The molecule has 1 aliphatic heterocycles. The summed E-state index contributed by atoms with van der Waals surface area (Å²) < 4.78 is 5.28. The lowest BCUT2D eigenvalue weighted by Crippen LogP contribution is -2.26. The van der Waals surface area contributed by atoms with Gasteiger partial charge in [-0.15, -0.1) is 0 Å². The molecule has 0 saturated carbocycles. The first-order chi connectivity index (χ1) is 10.1. The highest BCUT2D eigenvalue weighted by atomic mass is 35.5. The van der Waals surface area contributed by atoms with E-state index >= 15 is 0 Å². The molecule has 108 valence electrons. The van der Waals surface area contributed by atoms with Crippen molar-refractivity contribution in [2.45, 2.75) is 19.7 Å². The summed E-state index contributed by atoms with van der Waals surface area (Å²) in [6, 6.07) is 9.49. The standard InChI is InChI=1S/C14H11Cl2N3O2/c15-12-10-6-19(7-11(10)17-13(16)18-12)14(20)21-8-9-4-2-1-3-5-9/h1-5H,6-8H2. The first-order valence-corrected chi connectivity index (χ1v) is 7.05. The average molecular weight is 324 g/mol. The molecule has 1 aromatic heterocycles. The third kappa shape index (κ3) is 3.09. The number of hydrogen-bond acceptors (Lipinski definition) is 4. The van der Waals surface area contributed by atoms with E-state index in [4.69, 9.17) is 27.9 Å². The summed E-state index contributed by atoms with van der Waals surface area (Å²) in [5.41, 5.74) is 2.32. The van der Waals surface area contributed by atoms with Crippen LogP contribution in [0, 0.1) is 0 Å². The fourth-order valence-corrected chi connectivity index (χ4v) is 2.60. The SMILES string of the molecule is O=C(OCc1ccccc1)N1Cc2nc(Cl)nc(Cl)c2C1. The minimum atomic E-state index is -0.413. The smallest absolute Gasteiger partial charge is 0.410 e. The summed E-state index contributed by atoms with van der Waals surface area (Å²) in [5, 5.41) is 0.363. The number of fused-ring (bicyclic) bond motifs is 1. The van der Waals surface area contributed by atoms with Gasteiger partial charge in [-0.1, -0.05) is 41.9 Å². The number of halogens is 2. The number of hydrogen-bond donors (Lipinski definition) is 0. The molecule has 21 heavy (non-hydrogen) atoms. The van der Waals surface area contributed by atoms with Gasteiger partial charge in [-0.05, 0) is 17.2 Å². The Labute approximate surface area is 131 Å². The number of ether oxygens (including phenoxy) is 1. The van der Waals surface area contributed by atoms with Gasteiger partial charge >= 0.3 is 6.09 Å². The Morgan fingerprint density at radius 2 is 1.95 bits per heavy atom. The number of amides is 1. The van der Waals surface area contributed by atoms with Crippen molar-refractivity contribution >= 4 is 29.3 Å². The van der Waals surface area contributed by atoms with Crippen molar-refractivity contribution in [3.05, 3.63) is 57.6 Å². The van der Waals surface area contributed by atoms with Crippen LogP contribution in [0.1, 0.15) is 16.8 Å². The summed E-state index contributed by atoms with van der Waals surface area (Å²) in [6.07, 6.45) is -0.413. The summed E-state index contributed by atoms with van der Waals surface area (Å²) in [4.78, 5) is 21.5. The monoisotopic (exact) mass is 323 g/mol. The summed E-state index contributed by atoms with van der Waals surface area (Å²) in [7, 11) is 0. The van der Waals surface area contributed by atoms with Crippen LogP contribution in [0.4, 0.5) is 4.79 Å². The average Bonchev–Trinajstić information content (AvgIpc) is 2.90. The molecule has 0 spiro atoms. The summed E-state index contributed by atoms with van der Waals surface area (Å²) in [6.45, 7) is 0.885. The van der Waals surface area contributed by atoms with Crippen LogP contribution in [-0.4, -0.2) is 21.0 Å². The number of rotatable bonds is 2. The zero-order valence-electron chi connectivity index (χ0n) is 10.9. The fraction of sp³-hybridized carbons (Fsp3) is 0.214. The van der Waals surface area contributed by atoms with Crippen molar-refractivity contribution in [3.8, 4) is 0 Å². The van der Waals surface area contributed by atoms with Crippen LogP contribution < -0.4 is 0 Å².